The number of likely N-dealkylation sites (N-methyl/N-ethyl adjacent to an activating group) is 1. The first-order valence-electron chi connectivity index (χ1n) is 4.44. The van der Waals surface area contributed by atoms with Gasteiger partial charge in [0.15, 0.2) is 0 Å². The summed E-state index contributed by atoms with van der Waals surface area (Å²) in [7, 11) is 4.06. The molecule has 0 atom stereocenters. The maximum Gasteiger partial charge on any atom is 0.0823 e. The first-order valence-corrected chi connectivity index (χ1v) is 5.19. The van der Waals surface area contributed by atoms with Gasteiger partial charge in [-0.05, 0) is 26.2 Å². The van der Waals surface area contributed by atoms with Gasteiger partial charge in [0.2, 0.25) is 0 Å². The van der Waals surface area contributed by atoms with Crippen LogP contribution in [-0.2, 0) is 0 Å². The fourth-order valence-electron chi connectivity index (χ4n) is 1.05. The molecule has 0 aromatic heterocycles. The minimum absolute atomic E-state index is 0. The molecule has 1 rings (SSSR count). The summed E-state index contributed by atoms with van der Waals surface area (Å²) < 4.78 is 0. The number of nitrogens with zero attached hydrogens (tertiary/aromatic N) is 1. The van der Waals surface area contributed by atoms with Crippen LogP contribution in [0, 0.1) is 0 Å². The van der Waals surface area contributed by atoms with Gasteiger partial charge in [0.25, 0.3) is 0 Å². The van der Waals surface area contributed by atoms with Crippen molar-refractivity contribution in [3.63, 3.8) is 0 Å². The van der Waals surface area contributed by atoms with Crippen molar-refractivity contribution >= 4 is 41.3 Å². The number of rotatable bonds is 4. The third-order valence-corrected chi connectivity index (χ3v) is 2.64. The number of nitrogens with one attached hydrogen (secondary N) is 1. The van der Waals surface area contributed by atoms with Gasteiger partial charge in [-0.2, -0.15) is 0 Å². The van der Waals surface area contributed by atoms with Crippen molar-refractivity contribution < 1.29 is 0 Å². The van der Waals surface area contributed by atoms with Gasteiger partial charge < -0.3 is 10.2 Å². The SMILES string of the molecule is CN(C)CCNc1cccc(Cl)c1Cl.Cl. The average molecular weight is 270 g/mol. The maximum atomic E-state index is 6.00. The Hall–Kier alpha value is -0.150. The Morgan fingerprint density at radius 2 is 1.93 bits per heavy atom. The minimum atomic E-state index is 0. The van der Waals surface area contributed by atoms with Crippen LogP contribution in [0.5, 0.6) is 0 Å². The van der Waals surface area contributed by atoms with Crippen molar-refractivity contribution in [3.05, 3.63) is 28.2 Å². The lowest BCUT2D eigenvalue weighted by Gasteiger charge is -2.12. The van der Waals surface area contributed by atoms with E-state index < -0.39 is 0 Å². The smallest absolute Gasteiger partial charge is 0.0823 e. The zero-order valence-electron chi connectivity index (χ0n) is 8.76. The zero-order chi connectivity index (χ0) is 10.6. The zero-order valence-corrected chi connectivity index (χ0v) is 11.1. The van der Waals surface area contributed by atoms with Crippen LogP contribution in [-0.4, -0.2) is 32.1 Å². The summed E-state index contributed by atoms with van der Waals surface area (Å²) in [5, 5.41) is 4.40. The molecule has 5 heteroatoms. The third-order valence-electron chi connectivity index (χ3n) is 1.83. The van der Waals surface area contributed by atoms with E-state index in [-0.39, 0.29) is 12.4 Å². The van der Waals surface area contributed by atoms with E-state index in [1.54, 1.807) is 6.07 Å². The second kappa shape index (κ2) is 7.18. The van der Waals surface area contributed by atoms with Crippen LogP contribution < -0.4 is 5.32 Å². The number of anilines is 1. The molecule has 86 valence electrons. The Morgan fingerprint density at radius 1 is 1.27 bits per heavy atom. The van der Waals surface area contributed by atoms with Crippen molar-refractivity contribution in [2.75, 3.05) is 32.5 Å². The molecule has 2 nitrogen and oxygen atoms in total. The monoisotopic (exact) mass is 268 g/mol. The van der Waals surface area contributed by atoms with Gasteiger partial charge in [-0.25, -0.2) is 0 Å². The Bertz CT molecular complexity index is 303. The van der Waals surface area contributed by atoms with Crippen molar-refractivity contribution in [2.24, 2.45) is 0 Å². The normalized spacial score (nSPS) is 9.93. The van der Waals surface area contributed by atoms with Crippen LogP contribution in [0.3, 0.4) is 0 Å². The highest BCUT2D eigenvalue weighted by atomic mass is 35.5. The molecule has 0 heterocycles. The predicted octanol–water partition coefficient (Wildman–Crippen LogP) is 3.39. The first-order chi connectivity index (χ1) is 6.61. The van der Waals surface area contributed by atoms with Gasteiger partial charge in [0.05, 0.1) is 15.7 Å². The van der Waals surface area contributed by atoms with Crippen LogP contribution in [0.4, 0.5) is 5.69 Å². The van der Waals surface area contributed by atoms with E-state index in [0.717, 1.165) is 18.8 Å². The number of halogens is 3. The topological polar surface area (TPSA) is 15.3 Å². The van der Waals surface area contributed by atoms with Crippen molar-refractivity contribution in [1.82, 2.24) is 4.90 Å². The predicted molar refractivity (Wildman–Crippen MR) is 70.8 cm³/mol. The molecule has 0 saturated heterocycles. The van der Waals surface area contributed by atoms with E-state index >= 15 is 0 Å². The highest BCUT2D eigenvalue weighted by Crippen LogP contribution is 2.29. The molecule has 15 heavy (non-hydrogen) atoms. The van der Waals surface area contributed by atoms with E-state index in [1.165, 1.54) is 0 Å². The highest BCUT2D eigenvalue weighted by molar-refractivity contribution is 6.43. The molecular formula is C10H15Cl3N2. The largest absolute Gasteiger partial charge is 0.383 e. The quantitative estimate of drug-likeness (QED) is 0.901. The van der Waals surface area contributed by atoms with Gasteiger partial charge >= 0.3 is 0 Å². The number of benzene rings is 1. The summed E-state index contributed by atoms with van der Waals surface area (Å²) in [5.74, 6) is 0. The van der Waals surface area contributed by atoms with E-state index in [0.29, 0.717) is 10.0 Å². The van der Waals surface area contributed by atoms with E-state index in [1.807, 2.05) is 26.2 Å². The van der Waals surface area contributed by atoms with E-state index in [9.17, 15) is 0 Å². The van der Waals surface area contributed by atoms with Crippen LogP contribution in [0.15, 0.2) is 18.2 Å². The number of hydrogen-bond acceptors (Lipinski definition) is 2. The second-order valence-electron chi connectivity index (χ2n) is 3.33. The molecule has 0 fully saturated rings. The lowest BCUT2D eigenvalue weighted by molar-refractivity contribution is 0.425. The van der Waals surface area contributed by atoms with Crippen LogP contribution >= 0.6 is 35.6 Å². The molecular weight excluding hydrogens is 254 g/mol. The Balaban J connectivity index is 0.00000196. The molecule has 0 amide bonds. The molecule has 0 aliphatic carbocycles. The molecule has 0 unspecified atom stereocenters. The summed E-state index contributed by atoms with van der Waals surface area (Å²) >= 11 is 11.9. The van der Waals surface area contributed by atoms with Gasteiger partial charge in [0, 0.05) is 13.1 Å². The Morgan fingerprint density at radius 3 is 2.53 bits per heavy atom. The van der Waals surface area contributed by atoms with Gasteiger partial charge in [-0.15, -0.1) is 12.4 Å². The maximum absolute atomic E-state index is 6.00. The third kappa shape index (κ3) is 4.94. The summed E-state index contributed by atoms with van der Waals surface area (Å²) in [6.07, 6.45) is 0. The van der Waals surface area contributed by atoms with Crippen LogP contribution in [0.2, 0.25) is 10.0 Å². The molecule has 0 radical (unpaired) electrons. The Labute approximate surface area is 107 Å². The summed E-state index contributed by atoms with van der Waals surface area (Å²) in [6, 6.07) is 5.58. The number of hydrogen-bond donors (Lipinski definition) is 1. The average Bonchev–Trinajstić information content (AvgIpc) is 2.12. The van der Waals surface area contributed by atoms with Gasteiger partial charge in [0.1, 0.15) is 0 Å². The summed E-state index contributed by atoms with van der Waals surface area (Å²) in [6.45, 7) is 1.82. The fourth-order valence-corrected chi connectivity index (χ4v) is 1.42. The van der Waals surface area contributed by atoms with Crippen molar-refractivity contribution in [2.45, 2.75) is 0 Å². The van der Waals surface area contributed by atoms with Crippen molar-refractivity contribution in [3.8, 4) is 0 Å². The molecule has 1 aromatic carbocycles. The van der Waals surface area contributed by atoms with E-state index in [4.69, 9.17) is 23.2 Å². The van der Waals surface area contributed by atoms with Gasteiger partial charge in [-0.1, -0.05) is 29.3 Å². The first kappa shape index (κ1) is 14.8. The van der Waals surface area contributed by atoms with E-state index in [2.05, 4.69) is 10.2 Å². The van der Waals surface area contributed by atoms with Gasteiger partial charge in [-0.3, -0.25) is 0 Å². The molecule has 0 bridgehead atoms. The molecule has 1 N–H and O–H groups in total. The van der Waals surface area contributed by atoms with Crippen LogP contribution in [0.25, 0.3) is 0 Å². The summed E-state index contributed by atoms with van der Waals surface area (Å²) in [4.78, 5) is 2.10. The van der Waals surface area contributed by atoms with Crippen LogP contribution in [0.1, 0.15) is 0 Å². The standard InChI is InChI=1S/C10H14Cl2N2.ClH/c1-14(2)7-6-13-9-5-3-4-8(11)10(9)12;/h3-5,13H,6-7H2,1-2H3;1H. The molecule has 1 aromatic rings. The summed E-state index contributed by atoms with van der Waals surface area (Å²) in [5.41, 5.74) is 0.890. The lowest BCUT2D eigenvalue weighted by atomic mass is 10.3. The molecule has 0 aliphatic heterocycles. The lowest BCUT2D eigenvalue weighted by Crippen LogP contribution is -2.20. The highest BCUT2D eigenvalue weighted by Gasteiger charge is 2.02. The minimum Gasteiger partial charge on any atom is -0.383 e. The molecule has 0 spiro atoms. The fraction of sp³-hybridized carbons (Fsp3) is 0.400. The molecule has 0 aliphatic rings. The van der Waals surface area contributed by atoms with Crippen molar-refractivity contribution in [1.29, 1.82) is 0 Å². The second-order valence-corrected chi connectivity index (χ2v) is 4.12. The Kier molecular flexibility index (Phi) is 7.11. The molecule has 0 saturated carbocycles.